The summed E-state index contributed by atoms with van der Waals surface area (Å²) in [4.78, 5) is 0.308. The fourth-order valence-corrected chi connectivity index (χ4v) is 3.70. The molecule has 2 N–H and O–H groups in total. The zero-order valence-electron chi connectivity index (χ0n) is 12.6. The number of sulfonamides is 1. The fourth-order valence-electron chi connectivity index (χ4n) is 2.57. The van der Waals surface area contributed by atoms with Crippen LogP contribution < -0.4 is 10.0 Å². The third kappa shape index (κ3) is 4.43. The minimum Gasteiger partial charge on any atom is -0.382 e. The fraction of sp³-hybridized carbons (Fsp3) is 0.600. The minimum absolute atomic E-state index is 0.308. The molecule has 6 heteroatoms. The Labute approximate surface area is 127 Å². The van der Waals surface area contributed by atoms with Crippen molar-refractivity contribution in [3.8, 4) is 0 Å². The maximum atomic E-state index is 12.0. The van der Waals surface area contributed by atoms with Crippen LogP contribution in [0, 0.1) is 0 Å². The van der Waals surface area contributed by atoms with Crippen molar-refractivity contribution < 1.29 is 13.2 Å². The average Bonchev–Trinajstić information content (AvgIpc) is 2.93. The van der Waals surface area contributed by atoms with E-state index in [-0.39, 0.29) is 0 Å². The molecule has 1 aliphatic rings. The second kappa shape index (κ2) is 7.24. The van der Waals surface area contributed by atoms with Gasteiger partial charge in [-0.15, -0.1) is 0 Å². The molecule has 2 atom stereocenters. The Bertz CT molecular complexity index is 543. The van der Waals surface area contributed by atoms with Crippen molar-refractivity contribution in [3.05, 3.63) is 24.3 Å². The molecule has 0 radical (unpaired) electrons. The Hall–Kier alpha value is -1.11. The molecule has 0 heterocycles. The van der Waals surface area contributed by atoms with Crippen LogP contribution in [0.15, 0.2) is 29.2 Å². The molecule has 1 aliphatic carbocycles. The van der Waals surface area contributed by atoms with Crippen molar-refractivity contribution in [2.24, 2.45) is 0 Å². The first-order chi connectivity index (χ1) is 10.0. The number of hydrogen-bond donors (Lipinski definition) is 2. The Morgan fingerprint density at radius 3 is 2.52 bits per heavy atom. The minimum atomic E-state index is -3.38. The Morgan fingerprint density at radius 1 is 1.24 bits per heavy atom. The van der Waals surface area contributed by atoms with Gasteiger partial charge in [0.05, 0.1) is 11.0 Å². The third-order valence-corrected chi connectivity index (χ3v) is 5.27. The van der Waals surface area contributed by atoms with Gasteiger partial charge in [-0.3, -0.25) is 0 Å². The first-order valence-corrected chi connectivity index (χ1v) is 8.92. The van der Waals surface area contributed by atoms with E-state index in [0.717, 1.165) is 31.4 Å². The topological polar surface area (TPSA) is 67.4 Å². The summed E-state index contributed by atoms with van der Waals surface area (Å²) in [5.41, 5.74) is 0.950. The lowest BCUT2D eigenvalue weighted by Crippen LogP contribution is -2.24. The van der Waals surface area contributed by atoms with Crippen LogP contribution in [0.4, 0.5) is 5.69 Å². The number of rotatable bonds is 7. The Kier molecular flexibility index (Phi) is 5.61. The van der Waals surface area contributed by atoms with Gasteiger partial charge < -0.3 is 10.1 Å². The summed E-state index contributed by atoms with van der Waals surface area (Å²) in [5, 5.41) is 3.43. The van der Waals surface area contributed by atoms with Gasteiger partial charge in [0.2, 0.25) is 10.0 Å². The van der Waals surface area contributed by atoms with E-state index >= 15 is 0 Å². The van der Waals surface area contributed by atoms with Gasteiger partial charge in [-0.1, -0.05) is 6.92 Å². The lowest BCUT2D eigenvalue weighted by molar-refractivity contribution is 0.108. The van der Waals surface area contributed by atoms with Gasteiger partial charge in [0.15, 0.2) is 0 Å². The molecular formula is C15H24N2O3S. The van der Waals surface area contributed by atoms with Crippen molar-refractivity contribution in [3.63, 3.8) is 0 Å². The number of methoxy groups -OCH3 is 1. The molecule has 1 saturated carbocycles. The monoisotopic (exact) mass is 312 g/mol. The molecule has 5 nitrogen and oxygen atoms in total. The van der Waals surface area contributed by atoms with Gasteiger partial charge in [0, 0.05) is 25.4 Å². The normalized spacial score (nSPS) is 22.4. The van der Waals surface area contributed by atoms with E-state index in [0.29, 0.717) is 23.6 Å². The van der Waals surface area contributed by atoms with Crippen LogP contribution in [-0.4, -0.2) is 34.2 Å². The molecule has 0 spiro atoms. The lowest BCUT2D eigenvalue weighted by Gasteiger charge is -2.15. The van der Waals surface area contributed by atoms with Crippen LogP contribution in [0.3, 0.4) is 0 Å². The smallest absolute Gasteiger partial charge is 0.240 e. The number of nitrogens with one attached hydrogen (secondary N) is 2. The standard InChI is InChI=1S/C15H24N2O3S/c1-3-10-16-21(18,19)15-8-5-12(6-9-15)17-13-4-7-14(11-13)20-2/h5-6,8-9,13-14,16-17H,3-4,7,10-11H2,1-2H3. The maximum Gasteiger partial charge on any atom is 0.240 e. The molecule has 21 heavy (non-hydrogen) atoms. The summed E-state index contributed by atoms with van der Waals surface area (Å²) in [7, 11) is -1.63. The number of ether oxygens (including phenoxy) is 1. The molecule has 1 aromatic carbocycles. The molecule has 2 unspecified atom stereocenters. The molecule has 1 fully saturated rings. The highest BCUT2D eigenvalue weighted by molar-refractivity contribution is 7.89. The Balaban J connectivity index is 1.96. The van der Waals surface area contributed by atoms with Gasteiger partial charge in [0.25, 0.3) is 0 Å². The van der Waals surface area contributed by atoms with E-state index in [1.165, 1.54) is 0 Å². The van der Waals surface area contributed by atoms with Crippen molar-refractivity contribution in [1.82, 2.24) is 4.72 Å². The largest absolute Gasteiger partial charge is 0.382 e. The molecular weight excluding hydrogens is 288 g/mol. The highest BCUT2D eigenvalue weighted by Crippen LogP contribution is 2.25. The van der Waals surface area contributed by atoms with E-state index in [4.69, 9.17) is 4.74 Å². The molecule has 0 aromatic heterocycles. The van der Waals surface area contributed by atoms with Gasteiger partial charge in [0.1, 0.15) is 0 Å². The summed E-state index contributed by atoms with van der Waals surface area (Å²) in [6.07, 6.45) is 4.26. The Morgan fingerprint density at radius 2 is 1.95 bits per heavy atom. The number of anilines is 1. The SMILES string of the molecule is CCCNS(=O)(=O)c1ccc(NC2CCC(OC)C2)cc1. The predicted octanol–water partition coefficient (Wildman–Crippen LogP) is 2.35. The zero-order chi connectivity index (χ0) is 15.3. The molecule has 0 bridgehead atoms. The van der Waals surface area contributed by atoms with E-state index in [2.05, 4.69) is 10.0 Å². The summed E-state index contributed by atoms with van der Waals surface area (Å²) in [6.45, 7) is 2.40. The van der Waals surface area contributed by atoms with Crippen molar-refractivity contribution >= 4 is 15.7 Å². The van der Waals surface area contributed by atoms with Crippen LogP contribution in [0.1, 0.15) is 32.6 Å². The maximum absolute atomic E-state index is 12.0. The van der Waals surface area contributed by atoms with Crippen LogP contribution in [0.25, 0.3) is 0 Å². The summed E-state index contributed by atoms with van der Waals surface area (Å²) >= 11 is 0. The lowest BCUT2D eigenvalue weighted by atomic mass is 10.2. The van der Waals surface area contributed by atoms with Crippen LogP contribution in [0.2, 0.25) is 0 Å². The molecule has 0 saturated heterocycles. The van der Waals surface area contributed by atoms with Crippen molar-refractivity contribution in [2.45, 2.75) is 49.6 Å². The summed E-state index contributed by atoms with van der Waals surface area (Å²) in [6, 6.07) is 7.32. The quantitative estimate of drug-likeness (QED) is 0.811. The highest BCUT2D eigenvalue weighted by Gasteiger charge is 2.24. The molecule has 1 aromatic rings. The van der Waals surface area contributed by atoms with Gasteiger partial charge in [-0.2, -0.15) is 0 Å². The van der Waals surface area contributed by atoms with E-state index in [9.17, 15) is 8.42 Å². The van der Waals surface area contributed by atoms with Gasteiger partial charge in [-0.05, 0) is 49.9 Å². The molecule has 0 aliphatic heterocycles. The summed E-state index contributed by atoms with van der Waals surface area (Å²) in [5.74, 6) is 0. The van der Waals surface area contributed by atoms with Crippen LogP contribution in [-0.2, 0) is 14.8 Å². The second-order valence-electron chi connectivity index (χ2n) is 5.43. The van der Waals surface area contributed by atoms with Gasteiger partial charge in [-0.25, -0.2) is 13.1 Å². The second-order valence-corrected chi connectivity index (χ2v) is 7.20. The van der Waals surface area contributed by atoms with E-state index in [1.54, 1.807) is 19.2 Å². The predicted molar refractivity (Wildman–Crippen MR) is 84.0 cm³/mol. The van der Waals surface area contributed by atoms with Crippen molar-refractivity contribution in [2.75, 3.05) is 19.0 Å². The average molecular weight is 312 g/mol. The molecule has 118 valence electrons. The van der Waals surface area contributed by atoms with Crippen molar-refractivity contribution in [1.29, 1.82) is 0 Å². The first-order valence-electron chi connectivity index (χ1n) is 7.44. The summed E-state index contributed by atoms with van der Waals surface area (Å²) < 4.78 is 31.9. The van der Waals surface area contributed by atoms with E-state index < -0.39 is 10.0 Å². The molecule has 2 rings (SSSR count). The van der Waals surface area contributed by atoms with Crippen LogP contribution in [0.5, 0.6) is 0 Å². The first kappa shape index (κ1) is 16.3. The van der Waals surface area contributed by atoms with Gasteiger partial charge >= 0.3 is 0 Å². The molecule has 0 amide bonds. The number of hydrogen-bond acceptors (Lipinski definition) is 4. The third-order valence-electron chi connectivity index (χ3n) is 3.80. The van der Waals surface area contributed by atoms with E-state index in [1.807, 2.05) is 19.1 Å². The number of benzene rings is 1. The highest BCUT2D eigenvalue weighted by atomic mass is 32.2. The van der Waals surface area contributed by atoms with Crippen LogP contribution >= 0.6 is 0 Å². The zero-order valence-corrected chi connectivity index (χ0v) is 13.4.